The van der Waals surface area contributed by atoms with Gasteiger partial charge in [0, 0.05) is 23.1 Å². The average molecular weight is 474 g/mol. The van der Waals surface area contributed by atoms with Crippen molar-refractivity contribution in [3.8, 4) is 5.75 Å². The van der Waals surface area contributed by atoms with Gasteiger partial charge in [0.25, 0.3) is 0 Å². The number of imide groups is 1. The molecule has 1 aliphatic carbocycles. The molecule has 1 aromatic heterocycles. The van der Waals surface area contributed by atoms with Crippen LogP contribution >= 0.6 is 11.8 Å². The van der Waals surface area contributed by atoms with Crippen LogP contribution < -0.4 is 10.4 Å². The Bertz CT molecular complexity index is 1100. The van der Waals surface area contributed by atoms with Crippen LogP contribution in [0.5, 0.6) is 5.75 Å². The van der Waals surface area contributed by atoms with E-state index in [1.165, 1.54) is 24.9 Å². The van der Waals surface area contributed by atoms with Crippen LogP contribution in [0.2, 0.25) is 0 Å². The molecule has 1 aromatic carbocycles. The molecule has 2 fully saturated rings. The maximum atomic E-state index is 13.1. The summed E-state index contributed by atoms with van der Waals surface area (Å²) in [6.45, 7) is -0.174. The normalized spacial score (nSPS) is 21.2. The Labute approximate surface area is 195 Å². The van der Waals surface area contributed by atoms with E-state index in [-0.39, 0.29) is 30.3 Å². The second-order valence-electron chi connectivity index (χ2n) is 8.40. The zero-order valence-electron chi connectivity index (χ0n) is 18.7. The van der Waals surface area contributed by atoms with Gasteiger partial charge in [-0.2, -0.15) is 11.8 Å². The van der Waals surface area contributed by atoms with Crippen LogP contribution in [-0.4, -0.2) is 47.8 Å². The van der Waals surface area contributed by atoms with E-state index in [1.54, 1.807) is 18.2 Å². The number of likely N-dealkylation sites (tertiary alicyclic amines) is 1. The molecule has 8 nitrogen and oxygen atoms in total. The Morgan fingerprint density at radius 2 is 1.85 bits per heavy atom. The number of ether oxygens (including phenoxy) is 2. The highest BCUT2D eigenvalue weighted by molar-refractivity contribution is 7.98. The monoisotopic (exact) mass is 473 g/mol. The molecule has 176 valence electrons. The summed E-state index contributed by atoms with van der Waals surface area (Å²) in [6.07, 6.45) is 5.44. The van der Waals surface area contributed by atoms with Crippen molar-refractivity contribution in [2.45, 2.75) is 44.8 Å². The van der Waals surface area contributed by atoms with E-state index in [2.05, 4.69) is 0 Å². The summed E-state index contributed by atoms with van der Waals surface area (Å²) in [6, 6.07) is 5.35. The van der Waals surface area contributed by atoms with Crippen molar-refractivity contribution in [3.63, 3.8) is 0 Å². The van der Waals surface area contributed by atoms with E-state index in [1.807, 2.05) is 6.26 Å². The molecule has 1 saturated heterocycles. The molecule has 0 spiro atoms. The van der Waals surface area contributed by atoms with Crippen molar-refractivity contribution < 1.29 is 28.3 Å². The van der Waals surface area contributed by atoms with Gasteiger partial charge in [0.05, 0.1) is 18.9 Å². The number of esters is 1. The number of nitrogens with zero attached hydrogens (tertiary/aromatic N) is 1. The minimum atomic E-state index is -0.963. The summed E-state index contributed by atoms with van der Waals surface area (Å²) < 4.78 is 16.0. The largest absolute Gasteiger partial charge is 0.497 e. The van der Waals surface area contributed by atoms with Gasteiger partial charge >= 0.3 is 11.6 Å². The zero-order chi connectivity index (χ0) is 23.5. The predicted molar refractivity (Wildman–Crippen MR) is 123 cm³/mol. The number of thioether (sulfide) groups is 1. The van der Waals surface area contributed by atoms with Crippen LogP contribution in [0.1, 0.15) is 37.7 Å². The molecular weight excluding hydrogens is 446 g/mol. The van der Waals surface area contributed by atoms with E-state index >= 15 is 0 Å². The minimum Gasteiger partial charge on any atom is -0.497 e. The Balaban J connectivity index is 1.56. The van der Waals surface area contributed by atoms with Crippen LogP contribution in [0.3, 0.4) is 0 Å². The molecule has 2 aromatic rings. The van der Waals surface area contributed by atoms with Gasteiger partial charge in [-0.3, -0.25) is 14.5 Å². The number of rotatable bonds is 8. The summed E-state index contributed by atoms with van der Waals surface area (Å²) in [5, 5.41) is 0.614. The lowest BCUT2D eigenvalue weighted by atomic mass is 9.81. The lowest BCUT2D eigenvalue weighted by Crippen LogP contribution is -2.46. The Morgan fingerprint density at radius 3 is 2.48 bits per heavy atom. The van der Waals surface area contributed by atoms with E-state index < -0.39 is 17.6 Å². The van der Waals surface area contributed by atoms with E-state index in [9.17, 15) is 19.2 Å². The van der Waals surface area contributed by atoms with Crippen molar-refractivity contribution >= 4 is 40.5 Å². The van der Waals surface area contributed by atoms with Crippen molar-refractivity contribution in [1.82, 2.24) is 4.90 Å². The van der Waals surface area contributed by atoms with Crippen LogP contribution in [0.15, 0.2) is 33.5 Å². The molecule has 3 unspecified atom stereocenters. The highest BCUT2D eigenvalue weighted by Crippen LogP contribution is 2.39. The summed E-state index contributed by atoms with van der Waals surface area (Å²) in [4.78, 5) is 52.4. The standard InChI is InChI=1S/C24H27NO7S/c1-30-15-7-8-16-14(11-21(26)32-20(16)12-15)13-31-24(29)19(9-10-33-2)25-22(27)17-5-3-4-6-18(17)23(25)28/h7-8,11-12,17-19H,3-6,9-10,13H2,1-2H3. The number of fused-ring (bicyclic) bond motifs is 2. The molecule has 33 heavy (non-hydrogen) atoms. The van der Waals surface area contributed by atoms with Gasteiger partial charge in [0.2, 0.25) is 11.8 Å². The average Bonchev–Trinajstić information content (AvgIpc) is 3.07. The number of carbonyl (C=O) groups excluding carboxylic acids is 3. The van der Waals surface area contributed by atoms with Crippen LogP contribution in [0, 0.1) is 11.8 Å². The predicted octanol–water partition coefficient (Wildman–Crippen LogP) is 3.14. The van der Waals surface area contributed by atoms with Gasteiger partial charge in [0.15, 0.2) is 0 Å². The Morgan fingerprint density at radius 1 is 1.15 bits per heavy atom. The van der Waals surface area contributed by atoms with Gasteiger partial charge in [-0.05, 0) is 43.4 Å². The number of hydrogen-bond donors (Lipinski definition) is 0. The third-order valence-corrected chi connectivity index (χ3v) is 7.11. The maximum Gasteiger partial charge on any atom is 0.336 e. The molecule has 2 aliphatic rings. The van der Waals surface area contributed by atoms with E-state index in [0.717, 1.165) is 17.7 Å². The highest BCUT2D eigenvalue weighted by atomic mass is 32.2. The number of amides is 2. The fourth-order valence-corrected chi connectivity index (χ4v) is 5.24. The zero-order valence-corrected chi connectivity index (χ0v) is 19.5. The quantitative estimate of drug-likeness (QED) is 0.327. The minimum absolute atomic E-state index is 0.174. The van der Waals surface area contributed by atoms with Crippen molar-refractivity contribution in [3.05, 3.63) is 40.2 Å². The summed E-state index contributed by atoms with van der Waals surface area (Å²) in [5.41, 5.74) is 0.226. The first kappa shape index (κ1) is 23.4. The van der Waals surface area contributed by atoms with Gasteiger partial charge in [-0.1, -0.05) is 12.8 Å². The number of hydrogen-bond acceptors (Lipinski definition) is 8. The van der Waals surface area contributed by atoms with Gasteiger partial charge in [0.1, 0.15) is 24.0 Å². The van der Waals surface area contributed by atoms with Gasteiger partial charge in [-0.15, -0.1) is 0 Å². The fraction of sp³-hybridized carbons (Fsp3) is 0.500. The van der Waals surface area contributed by atoms with Crippen molar-refractivity contribution in [2.75, 3.05) is 19.1 Å². The third-order valence-electron chi connectivity index (χ3n) is 6.46. The van der Waals surface area contributed by atoms with Crippen LogP contribution in [0.4, 0.5) is 0 Å². The maximum absolute atomic E-state index is 13.1. The van der Waals surface area contributed by atoms with Crippen LogP contribution in [0.25, 0.3) is 11.0 Å². The van der Waals surface area contributed by atoms with Crippen LogP contribution in [-0.2, 0) is 25.7 Å². The summed E-state index contributed by atoms with van der Waals surface area (Å²) in [7, 11) is 1.51. The molecule has 0 N–H and O–H groups in total. The number of carbonyl (C=O) groups is 3. The molecule has 9 heteroatoms. The van der Waals surface area contributed by atoms with E-state index in [4.69, 9.17) is 13.9 Å². The summed E-state index contributed by atoms with van der Waals surface area (Å²) in [5.74, 6) is -0.675. The molecule has 3 atom stereocenters. The Hall–Kier alpha value is -2.81. The topological polar surface area (TPSA) is 103 Å². The second-order valence-corrected chi connectivity index (χ2v) is 9.39. The fourth-order valence-electron chi connectivity index (χ4n) is 4.78. The second kappa shape index (κ2) is 9.99. The smallest absolute Gasteiger partial charge is 0.336 e. The molecule has 0 bridgehead atoms. The Kier molecular flexibility index (Phi) is 7.07. The summed E-state index contributed by atoms with van der Waals surface area (Å²) >= 11 is 1.53. The molecule has 1 aliphatic heterocycles. The first-order valence-corrected chi connectivity index (χ1v) is 12.5. The highest BCUT2D eigenvalue weighted by Gasteiger charge is 2.52. The third kappa shape index (κ3) is 4.64. The molecule has 2 heterocycles. The lowest BCUT2D eigenvalue weighted by molar-refractivity contribution is -0.159. The van der Waals surface area contributed by atoms with Gasteiger partial charge < -0.3 is 13.9 Å². The molecule has 4 rings (SSSR count). The van der Waals surface area contributed by atoms with E-state index in [0.29, 0.717) is 47.3 Å². The molecule has 2 amide bonds. The first-order chi connectivity index (χ1) is 15.9. The molecular formula is C24H27NO7S. The van der Waals surface area contributed by atoms with Crippen molar-refractivity contribution in [2.24, 2.45) is 11.8 Å². The molecule has 0 radical (unpaired) electrons. The number of methoxy groups -OCH3 is 1. The SMILES string of the molecule is COc1ccc2c(COC(=O)C(CCSC)N3C(=O)C4CCCCC4C3=O)cc(=O)oc2c1. The van der Waals surface area contributed by atoms with Gasteiger partial charge in [-0.25, -0.2) is 9.59 Å². The molecule has 1 saturated carbocycles. The lowest BCUT2D eigenvalue weighted by Gasteiger charge is -2.25. The number of benzene rings is 1. The van der Waals surface area contributed by atoms with Crippen molar-refractivity contribution in [1.29, 1.82) is 0 Å². The first-order valence-electron chi connectivity index (χ1n) is 11.1.